The molecule has 0 bridgehead atoms. The summed E-state index contributed by atoms with van der Waals surface area (Å²) in [4.78, 5) is 10.9. The van der Waals surface area contributed by atoms with E-state index in [-0.39, 0.29) is 6.61 Å². The van der Waals surface area contributed by atoms with Gasteiger partial charge in [-0.25, -0.2) is 8.42 Å². The quantitative estimate of drug-likeness (QED) is 0.745. The van der Waals surface area contributed by atoms with Crippen LogP contribution in [0.5, 0.6) is 0 Å². The smallest absolute Gasteiger partial charge is 0.416 e. The van der Waals surface area contributed by atoms with Crippen LogP contribution in [0.15, 0.2) is 53.4 Å². The number of carbonyl (C=O) groups is 1. The summed E-state index contributed by atoms with van der Waals surface area (Å²) in [6, 6.07) is 10.6. The Bertz CT molecular complexity index is 886. The van der Waals surface area contributed by atoms with Crippen LogP contribution >= 0.6 is 11.6 Å². The molecule has 0 unspecified atom stereocenters. The minimum absolute atomic E-state index is 0.0638. The first kappa shape index (κ1) is 20.2. The molecule has 140 valence electrons. The van der Waals surface area contributed by atoms with Gasteiger partial charge in [-0.3, -0.25) is 4.79 Å². The summed E-state index contributed by atoms with van der Waals surface area (Å²) in [5, 5.41) is -0.400. The number of ether oxygens (including phenoxy) is 1. The molecule has 0 aliphatic carbocycles. The van der Waals surface area contributed by atoms with Gasteiger partial charge in [0.2, 0.25) is 10.0 Å². The minimum atomic E-state index is -4.73. The topological polar surface area (TPSA) is 72.5 Å². The molecule has 2 aromatic carbocycles. The van der Waals surface area contributed by atoms with Crippen molar-refractivity contribution >= 4 is 27.6 Å². The Labute approximate surface area is 152 Å². The van der Waals surface area contributed by atoms with E-state index in [1.54, 1.807) is 30.3 Å². The molecule has 5 nitrogen and oxygen atoms in total. The lowest BCUT2D eigenvalue weighted by Gasteiger charge is -2.12. The SMILES string of the molecule is O=C(CNS(=O)(=O)c1cc(C(F)(F)F)ccc1Cl)OCc1ccccc1. The Hall–Kier alpha value is -2.10. The molecule has 26 heavy (non-hydrogen) atoms. The van der Waals surface area contributed by atoms with Crippen LogP contribution in [0.2, 0.25) is 5.02 Å². The highest BCUT2D eigenvalue weighted by Crippen LogP contribution is 2.33. The standard InChI is InChI=1S/C16H13ClF3NO4S/c17-13-7-6-12(16(18,19)20)8-14(13)26(23,24)21-9-15(22)25-10-11-4-2-1-3-5-11/h1-8,21H,9-10H2. The maximum absolute atomic E-state index is 12.7. The molecular formula is C16H13ClF3NO4S. The molecule has 0 aromatic heterocycles. The largest absolute Gasteiger partial charge is 0.460 e. The van der Waals surface area contributed by atoms with E-state index in [4.69, 9.17) is 16.3 Å². The van der Waals surface area contributed by atoms with Gasteiger partial charge in [0.1, 0.15) is 18.0 Å². The maximum Gasteiger partial charge on any atom is 0.416 e. The molecule has 2 aromatic rings. The molecule has 0 spiro atoms. The van der Waals surface area contributed by atoms with Gasteiger partial charge in [-0.2, -0.15) is 17.9 Å². The summed E-state index contributed by atoms with van der Waals surface area (Å²) in [6.07, 6.45) is -4.73. The fourth-order valence-electron chi connectivity index (χ4n) is 1.91. The van der Waals surface area contributed by atoms with Gasteiger partial charge in [0.25, 0.3) is 0 Å². The number of hydrogen-bond acceptors (Lipinski definition) is 4. The first-order valence-corrected chi connectivity index (χ1v) is 9.01. The van der Waals surface area contributed by atoms with E-state index in [9.17, 15) is 26.4 Å². The van der Waals surface area contributed by atoms with Crippen molar-refractivity contribution in [3.05, 3.63) is 64.7 Å². The fourth-order valence-corrected chi connectivity index (χ4v) is 3.40. The molecule has 0 heterocycles. The van der Waals surface area contributed by atoms with Crippen molar-refractivity contribution in [2.24, 2.45) is 0 Å². The summed E-state index contributed by atoms with van der Waals surface area (Å²) in [6.45, 7) is -0.812. The first-order chi connectivity index (χ1) is 12.1. The number of esters is 1. The third-order valence-electron chi connectivity index (χ3n) is 3.20. The summed E-state index contributed by atoms with van der Waals surface area (Å²) < 4.78 is 69.2. The number of hydrogen-bond donors (Lipinski definition) is 1. The highest BCUT2D eigenvalue weighted by atomic mass is 35.5. The molecule has 0 saturated carbocycles. The Morgan fingerprint density at radius 3 is 2.38 bits per heavy atom. The number of benzene rings is 2. The lowest BCUT2D eigenvalue weighted by atomic mass is 10.2. The monoisotopic (exact) mass is 407 g/mol. The molecule has 0 fully saturated rings. The second-order valence-electron chi connectivity index (χ2n) is 5.11. The number of sulfonamides is 1. The number of nitrogens with one attached hydrogen (secondary N) is 1. The predicted molar refractivity (Wildman–Crippen MR) is 87.9 cm³/mol. The minimum Gasteiger partial charge on any atom is -0.460 e. The van der Waals surface area contributed by atoms with Crippen molar-refractivity contribution in [1.29, 1.82) is 0 Å². The van der Waals surface area contributed by atoms with E-state index in [1.165, 1.54) is 0 Å². The van der Waals surface area contributed by atoms with Crippen LogP contribution < -0.4 is 4.72 Å². The van der Waals surface area contributed by atoms with E-state index in [0.717, 1.165) is 6.07 Å². The molecule has 0 radical (unpaired) electrons. The van der Waals surface area contributed by atoms with Crippen LogP contribution in [-0.4, -0.2) is 20.9 Å². The van der Waals surface area contributed by atoms with E-state index in [0.29, 0.717) is 17.7 Å². The van der Waals surface area contributed by atoms with E-state index in [2.05, 4.69) is 0 Å². The molecule has 0 amide bonds. The van der Waals surface area contributed by atoms with Gasteiger partial charge in [0.15, 0.2) is 0 Å². The lowest BCUT2D eigenvalue weighted by molar-refractivity contribution is -0.143. The van der Waals surface area contributed by atoms with E-state index in [1.807, 2.05) is 4.72 Å². The zero-order chi connectivity index (χ0) is 19.4. The van der Waals surface area contributed by atoms with Gasteiger partial charge in [0, 0.05) is 0 Å². The molecule has 1 N–H and O–H groups in total. The number of rotatable bonds is 6. The van der Waals surface area contributed by atoms with Crippen LogP contribution in [0.1, 0.15) is 11.1 Å². The molecule has 2 rings (SSSR count). The Morgan fingerprint density at radius 2 is 1.77 bits per heavy atom. The van der Waals surface area contributed by atoms with Crippen LogP contribution in [0.4, 0.5) is 13.2 Å². The second kappa shape index (κ2) is 8.07. The normalized spacial score (nSPS) is 12.0. The Kier molecular flexibility index (Phi) is 6.27. The van der Waals surface area contributed by atoms with Gasteiger partial charge < -0.3 is 4.74 Å². The van der Waals surface area contributed by atoms with Crippen molar-refractivity contribution in [3.63, 3.8) is 0 Å². The van der Waals surface area contributed by atoms with Crippen LogP contribution in [-0.2, 0) is 32.3 Å². The fraction of sp³-hybridized carbons (Fsp3) is 0.188. The van der Waals surface area contributed by atoms with Gasteiger partial charge in [-0.05, 0) is 23.8 Å². The Balaban J connectivity index is 2.03. The maximum atomic E-state index is 12.7. The van der Waals surface area contributed by atoms with Crippen molar-refractivity contribution in [1.82, 2.24) is 4.72 Å². The van der Waals surface area contributed by atoms with E-state index >= 15 is 0 Å². The summed E-state index contributed by atoms with van der Waals surface area (Å²) in [5.41, 5.74) is -0.474. The molecule has 0 aliphatic heterocycles. The average Bonchev–Trinajstić information content (AvgIpc) is 2.58. The van der Waals surface area contributed by atoms with Crippen LogP contribution in [0.3, 0.4) is 0 Å². The third-order valence-corrected chi connectivity index (χ3v) is 5.08. The molecule has 0 aliphatic rings. The van der Waals surface area contributed by atoms with Gasteiger partial charge >= 0.3 is 12.1 Å². The van der Waals surface area contributed by atoms with Crippen LogP contribution in [0, 0.1) is 0 Å². The molecule has 0 atom stereocenters. The summed E-state index contributed by atoms with van der Waals surface area (Å²) in [7, 11) is -4.43. The molecule has 0 saturated heterocycles. The number of carbonyl (C=O) groups excluding carboxylic acids is 1. The number of alkyl halides is 3. The van der Waals surface area contributed by atoms with Gasteiger partial charge in [-0.1, -0.05) is 41.9 Å². The Morgan fingerprint density at radius 1 is 1.12 bits per heavy atom. The second-order valence-corrected chi connectivity index (χ2v) is 7.26. The first-order valence-electron chi connectivity index (χ1n) is 7.15. The third kappa shape index (κ3) is 5.45. The highest BCUT2D eigenvalue weighted by Gasteiger charge is 2.32. The summed E-state index contributed by atoms with van der Waals surface area (Å²) >= 11 is 5.68. The number of halogens is 4. The van der Waals surface area contributed by atoms with Crippen molar-refractivity contribution in [2.75, 3.05) is 6.54 Å². The highest BCUT2D eigenvalue weighted by molar-refractivity contribution is 7.89. The lowest BCUT2D eigenvalue weighted by Crippen LogP contribution is -2.31. The van der Waals surface area contributed by atoms with Crippen LogP contribution in [0.25, 0.3) is 0 Å². The van der Waals surface area contributed by atoms with E-state index < -0.39 is 44.2 Å². The predicted octanol–water partition coefficient (Wildman–Crippen LogP) is 3.38. The van der Waals surface area contributed by atoms with Crippen molar-refractivity contribution in [2.45, 2.75) is 17.7 Å². The van der Waals surface area contributed by atoms with Crippen molar-refractivity contribution < 1.29 is 31.1 Å². The zero-order valence-corrected chi connectivity index (χ0v) is 14.7. The zero-order valence-electron chi connectivity index (χ0n) is 13.1. The average molecular weight is 408 g/mol. The molecule has 10 heteroatoms. The molecular weight excluding hydrogens is 395 g/mol. The summed E-state index contributed by atoms with van der Waals surface area (Å²) in [5.74, 6) is -0.888. The van der Waals surface area contributed by atoms with Crippen molar-refractivity contribution in [3.8, 4) is 0 Å². The van der Waals surface area contributed by atoms with Gasteiger partial charge in [0.05, 0.1) is 10.6 Å². The van der Waals surface area contributed by atoms with Gasteiger partial charge in [-0.15, -0.1) is 0 Å².